The van der Waals surface area contributed by atoms with Crippen molar-refractivity contribution in [3.05, 3.63) is 29.8 Å². The molecule has 2 aliphatic rings. The molecule has 3 rings (SSSR count). The van der Waals surface area contributed by atoms with Crippen molar-refractivity contribution in [3.8, 4) is 5.75 Å². The number of methoxy groups -OCH3 is 1. The second-order valence-corrected chi connectivity index (χ2v) is 5.78. The van der Waals surface area contributed by atoms with E-state index < -0.39 is 0 Å². The molecule has 1 aromatic rings. The second kappa shape index (κ2) is 5.85. The summed E-state index contributed by atoms with van der Waals surface area (Å²) in [5.74, 6) is 1.06. The van der Waals surface area contributed by atoms with Crippen LogP contribution in [0.25, 0.3) is 0 Å². The number of rotatable bonds is 4. The molecule has 5 nitrogen and oxygen atoms in total. The Morgan fingerprint density at radius 3 is 2.71 bits per heavy atom. The van der Waals surface area contributed by atoms with E-state index in [4.69, 9.17) is 4.74 Å². The predicted molar refractivity (Wildman–Crippen MR) is 78.1 cm³/mol. The molecule has 1 aliphatic carbocycles. The van der Waals surface area contributed by atoms with Crippen LogP contribution in [0.4, 0.5) is 0 Å². The lowest BCUT2D eigenvalue weighted by atomic mass is 9.75. The fourth-order valence-corrected chi connectivity index (χ4v) is 3.15. The van der Waals surface area contributed by atoms with Gasteiger partial charge in [0.25, 0.3) is 0 Å². The molecule has 1 heterocycles. The smallest absolute Gasteiger partial charge is 0.243 e. The van der Waals surface area contributed by atoms with Gasteiger partial charge in [0.2, 0.25) is 11.8 Å². The summed E-state index contributed by atoms with van der Waals surface area (Å²) in [4.78, 5) is 22.8. The Morgan fingerprint density at radius 2 is 2.00 bits per heavy atom. The first-order chi connectivity index (χ1) is 10.2. The molecular weight excluding hydrogens is 268 g/mol. The lowest BCUT2D eigenvalue weighted by Crippen LogP contribution is -2.55. The van der Waals surface area contributed by atoms with Gasteiger partial charge < -0.3 is 10.1 Å². The maximum atomic E-state index is 11.7. The van der Waals surface area contributed by atoms with E-state index in [9.17, 15) is 9.59 Å². The number of nitrogens with one attached hydrogen (secondary N) is 2. The molecule has 1 aromatic carbocycles. The van der Waals surface area contributed by atoms with Crippen LogP contribution < -0.4 is 15.4 Å². The zero-order valence-corrected chi connectivity index (χ0v) is 12.1. The molecule has 0 bridgehead atoms. The number of carbonyl (C=O) groups excluding carboxylic acids is 2. The van der Waals surface area contributed by atoms with E-state index in [1.54, 1.807) is 7.11 Å². The summed E-state index contributed by atoms with van der Waals surface area (Å²) in [6.45, 7) is 0. The third-order valence-corrected chi connectivity index (χ3v) is 4.39. The molecule has 2 fully saturated rings. The van der Waals surface area contributed by atoms with Crippen molar-refractivity contribution in [1.29, 1.82) is 0 Å². The van der Waals surface area contributed by atoms with E-state index in [2.05, 4.69) is 16.7 Å². The average Bonchev–Trinajstić information content (AvgIpc) is 2.44. The fraction of sp³-hybridized carbons (Fsp3) is 0.500. The molecule has 1 unspecified atom stereocenters. The van der Waals surface area contributed by atoms with E-state index in [0.29, 0.717) is 24.8 Å². The Balaban J connectivity index is 1.54. The highest BCUT2D eigenvalue weighted by molar-refractivity contribution is 6.00. The number of ether oxygens (including phenoxy) is 1. The monoisotopic (exact) mass is 288 g/mol. The van der Waals surface area contributed by atoms with Gasteiger partial charge in [0, 0.05) is 12.5 Å². The number of amides is 2. The van der Waals surface area contributed by atoms with Crippen molar-refractivity contribution in [2.75, 3.05) is 7.11 Å². The number of benzene rings is 1. The van der Waals surface area contributed by atoms with Crippen LogP contribution in [0.15, 0.2) is 24.3 Å². The summed E-state index contributed by atoms with van der Waals surface area (Å²) < 4.78 is 5.39. The highest BCUT2D eigenvalue weighted by Gasteiger charge is 2.36. The lowest BCUT2D eigenvalue weighted by molar-refractivity contribution is -0.135. The zero-order valence-electron chi connectivity index (χ0n) is 12.1. The molecule has 1 saturated carbocycles. The van der Waals surface area contributed by atoms with Crippen LogP contribution in [0, 0.1) is 0 Å². The molecule has 0 spiro atoms. The summed E-state index contributed by atoms with van der Waals surface area (Å²) in [7, 11) is 1.69. The number of carbonyl (C=O) groups is 2. The molecule has 1 saturated heterocycles. The number of hydrogen-bond donors (Lipinski definition) is 2. The molecule has 5 heteroatoms. The van der Waals surface area contributed by atoms with Crippen molar-refractivity contribution in [1.82, 2.24) is 10.6 Å². The van der Waals surface area contributed by atoms with Gasteiger partial charge in [0.15, 0.2) is 0 Å². The molecule has 0 aromatic heterocycles. The topological polar surface area (TPSA) is 67.4 Å². The van der Waals surface area contributed by atoms with Gasteiger partial charge in [0.1, 0.15) is 5.75 Å². The van der Waals surface area contributed by atoms with E-state index in [1.807, 2.05) is 18.2 Å². The van der Waals surface area contributed by atoms with Gasteiger partial charge >= 0.3 is 0 Å². The highest BCUT2D eigenvalue weighted by atomic mass is 16.5. The van der Waals surface area contributed by atoms with E-state index >= 15 is 0 Å². The van der Waals surface area contributed by atoms with Crippen LogP contribution in [0.5, 0.6) is 5.75 Å². The first-order valence-corrected chi connectivity index (χ1v) is 7.40. The van der Waals surface area contributed by atoms with Crippen molar-refractivity contribution < 1.29 is 14.3 Å². The minimum Gasteiger partial charge on any atom is -0.496 e. The quantitative estimate of drug-likeness (QED) is 0.820. The molecule has 0 radical (unpaired) electrons. The first kappa shape index (κ1) is 14.1. The van der Waals surface area contributed by atoms with Crippen molar-refractivity contribution in [3.63, 3.8) is 0 Å². The largest absolute Gasteiger partial charge is 0.496 e. The Labute approximate surface area is 124 Å². The minimum absolute atomic E-state index is 0.168. The Hall–Kier alpha value is -1.88. The van der Waals surface area contributed by atoms with Gasteiger partial charge in [-0.1, -0.05) is 18.2 Å². The normalized spacial score (nSPS) is 28.7. The Kier molecular flexibility index (Phi) is 3.92. The standard InChI is InChI=1S/C16H20N2O3/c1-21-14-5-3-2-4-12(14)10-8-11(9-10)17-13-6-7-15(19)18-16(13)20/h2-5,10-11,13,17H,6-9H2,1H3,(H,18,19,20). The van der Waals surface area contributed by atoms with Crippen molar-refractivity contribution in [2.24, 2.45) is 0 Å². The van der Waals surface area contributed by atoms with Gasteiger partial charge in [-0.2, -0.15) is 0 Å². The number of piperidine rings is 1. The predicted octanol–water partition coefficient (Wildman–Crippen LogP) is 1.34. The maximum absolute atomic E-state index is 11.7. The molecule has 2 amide bonds. The average molecular weight is 288 g/mol. The van der Waals surface area contributed by atoms with Crippen LogP contribution in [0.2, 0.25) is 0 Å². The van der Waals surface area contributed by atoms with Gasteiger partial charge in [-0.05, 0) is 36.8 Å². The minimum atomic E-state index is -0.230. The zero-order chi connectivity index (χ0) is 14.8. The summed E-state index contributed by atoms with van der Waals surface area (Å²) in [5.41, 5.74) is 1.24. The summed E-state index contributed by atoms with van der Waals surface area (Å²) in [6, 6.07) is 8.19. The third-order valence-electron chi connectivity index (χ3n) is 4.39. The number of hydrogen-bond acceptors (Lipinski definition) is 4. The molecule has 1 aliphatic heterocycles. The van der Waals surface area contributed by atoms with E-state index in [-0.39, 0.29) is 17.9 Å². The lowest BCUT2D eigenvalue weighted by Gasteiger charge is -2.39. The molecule has 2 N–H and O–H groups in total. The highest BCUT2D eigenvalue weighted by Crippen LogP contribution is 2.41. The summed E-state index contributed by atoms with van der Waals surface area (Å²) in [5, 5.41) is 5.74. The van der Waals surface area contributed by atoms with Gasteiger partial charge in [-0.25, -0.2) is 0 Å². The van der Waals surface area contributed by atoms with Gasteiger partial charge in [-0.3, -0.25) is 14.9 Å². The summed E-state index contributed by atoms with van der Waals surface area (Å²) >= 11 is 0. The SMILES string of the molecule is COc1ccccc1C1CC(NC2CCC(=O)NC2=O)C1. The van der Waals surface area contributed by atoms with Crippen LogP contribution in [-0.2, 0) is 9.59 Å². The number of imide groups is 1. The van der Waals surface area contributed by atoms with Crippen LogP contribution >= 0.6 is 0 Å². The third kappa shape index (κ3) is 2.93. The maximum Gasteiger partial charge on any atom is 0.243 e. The first-order valence-electron chi connectivity index (χ1n) is 7.40. The Morgan fingerprint density at radius 1 is 1.24 bits per heavy atom. The van der Waals surface area contributed by atoms with Crippen LogP contribution in [-0.4, -0.2) is 31.0 Å². The van der Waals surface area contributed by atoms with Crippen molar-refractivity contribution >= 4 is 11.8 Å². The van der Waals surface area contributed by atoms with Gasteiger partial charge in [0.05, 0.1) is 13.2 Å². The molecule has 21 heavy (non-hydrogen) atoms. The Bertz CT molecular complexity index is 552. The fourth-order valence-electron chi connectivity index (χ4n) is 3.15. The van der Waals surface area contributed by atoms with Crippen LogP contribution in [0.3, 0.4) is 0 Å². The van der Waals surface area contributed by atoms with Crippen molar-refractivity contribution in [2.45, 2.75) is 43.7 Å². The van der Waals surface area contributed by atoms with Gasteiger partial charge in [-0.15, -0.1) is 0 Å². The molecule has 112 valence electrons. The number of para-hydroxylation sites is 1. The van der Waals surface area contributed by atoms with E-state index in [1.165, 1.54) is 5.56 Å². The van der Waals surface area contributed by atoms with E-state index in [0.717, 1.165) is 18.6 Å². The summed E-state index contributed by atoms with van der Waals surface area (Å²) in [6.07, 6.45) is 3.02. The molecular formula is C16H20N2O3. The molecule has 1 atom stereocenters. The second-order valence-electron chi connectivity index (χ2n) is 5.78. The van der Waals surface area contributed by atoms with Crippen LogP contribution in [0.1, 0.15) is 37.2 Å².